The molecule has 0 saturated carbocycles. The molecular weight excluding hydrogens is 264 g/mol. The van der Waals surface area contributed by atoms with E-state index in [0.29, 0.717) is 32.5 Å². The summed E-state index contributed by atoms with van der Waals surface area (Å²) in [6.45, 7) is 1.82. The van der Waals surface area contributed by atoms with Crippen molar-refractivity contribution in [2.75, 3.05) is 31.6 Å². The van der Waals surface area contributed by atoms with Gasteiger partial charge in [-0.3, -0.25) is 4.79 Å². The lowest BCUT2D eigenvalue weighted by Crippen LogP contribution is -2.45. The molecule has 0 bridgehead atoms. The number of likely N-dealkylation sites (tertiary alicyclic amines) is 1. The lowest BCUT2D eigenvalue weighted by atomic mass is 9.97. The Bertz CT molecular complexity index is 292. The average Bonchev–Trinajstić information content (AvgIpc) is 2.42. The molecule has 0 atom stereocenters. The molecule has 110 valence electrons. The van der Waals surface area contributed by atoms with Gasteiger partial charge in [-0.05, 0) is 37.7 Å². The van der Waals surface area contributed by atoms with E-state index in [0.717, 1.165) is 12.8 Å². The lowest BCUT2D eigenvalue weighted by Gasteiger charge is -2.30. The Hall–Kier alpha value is -0.910. The first-order valence-electron chi connectivity index (χ1n) is 6.89. The van der Waals surface area contributed by atoms with Crippen LogP contribution >= 0.6 is 11.8 Å². The zero-order chi connectivity index (χ0) is 14.1. The molecule has 1 fully saturated rings. The first kappa shape index (κ1) is 16.1. The summed E-state index contributed by atoms with van der Waals surface area (Å²) in [7, 11) is 0. The van der Waals surface area contributed by atoms with Crippen LogP contribution in [0.5, 0.6) is 0 Å². The van der Waals surface area contributed by atoms with Crippen LogP contribution < -0.4 is 5.32 Å². The van der Waals surface area contributed by atoms with Gasteiger partial charge in [0, 0.05) is 19.6 Å². The fourth-order valence-electron chi connectivity index (χ4n) is 2.18. The van der Waals surface area contributed by atoms with Crippen molar-refractivity contribution in [3.63, 3.8) is 0 Å². The van der Waals surface area contributed by atoms with E-state index in [1.54, 1.807) is 4.90 Å². The van der Waals surface area contributed by atoms with Gasteiger partial charge in [-0.15, -0.1) is 0 Å². The van der Waals surface area contributed by atoms with Gasteiger partial charge >= 0.3 is 12.0 Å². The van der Waals surface area contributed by atoms with Crippen LogP contribution in [0.2, 0.25) is 0 Å². The number of rotatable bonds is 7. The van der Waals surface area contributed by atoms with Crippen LogP contribution in [0, 0.1) is 5.92 Å². The van der Waals surface area contributed by atoms with Crippen LogP contribution in [0.1, 0.15) is 32.1 Å². The Morgan fingerprint density at radius 2 is 1.95 bits per heavy atom. The molecule has 0 spiro atoms. The molecule has 1 saturated heterocycles. The fraction of sp³-hybridized carbons (Fsp3) is 0.846. The van der Waals surface area contributed by atoms with E-state index in [4.69, 9.17) is 5.11 Å². The van der Waals surface area contributed by atoms with Crippen molar-refractivity contribution >= 4 is 23.8 Å². The highest BCUT2D eigenvalue weighted by atomic mass is 32.2. The van der Waals surface area contributed by atoms with Gasteiger partial charge in [0.1, 0.15) is 0 Å². The molecule has 1 aliphatic heterocycles. The number of hydrogen-bond acceptors (Lipinski definition) is 3. The quantitative estimate of drug-likeness (QED) is 0.703. The SMILES string of the molecule is CSCCCCCNC(=O)N1CCC(C(=O)O)CC1. The minimum atomic E-state index is -0.742. The highest BCUT2D eigenvalue weighted by Crippen LogP contribution is 2.17. The summed E-state index contributed by atoms with van der Waals surface area (Å²) < 4.78 is 0. The van der Waals surface area contributed by atoms with Crippen LogP contribution in [0.15, 0.2) is 0 Å². The number of carbonyl (C=O) groups excluding carboxylic acids is 1. The zero-order valence-corrected chi connectivity index (χ0v) is 12.4. The molecule has 1 rings (SSSR count). The topological polar surface area (TPSA) is 69.6 Å². The molecule has 0 aromatic heterocycles. The van der Waals surface area contributed by atoms with Crippen LogP contribution in [-0.4, -0.2) is 53.6 Å². The lowest BCUT2D eigenvalue weighted by molar-refractivity contribution is -0.143. The van der Waals surface area contributed by atoms with E-state index in [2.05, 4.69) is 11.6 Å². The normalized spacial score (nSPS) is 16.4. The number of carboxylic acid groups (broad SMARTS) is 1. The molecule has 2 N–H and O–H groups in total. The second-order valence-electron chi connectivity index (χ2n) is 4.88. The highest BCUT2D eigenvalue weighted by Gasteiger charge is 2.26. The van der Waals surface area contributed by atoms with Crippen LogP contribution in [0.3, 0.4) is 0 Å². The van der Waals surface area contributed by atoms with Gasteiger partial charge in [-0.25, -0.2) is 4.79 Å². The number of urea groups is 1. The zero-order valence-electron chi connectivity index (χ0n) is 11.6. The third-order valence-corrected chi connectivity index (χ3v) is 4.13. The molecule has 19 heavy (non-hydrogen) atoms. The van der Waals surface area contributed by atoms with Gasteiger partial charge in [0.2, 0.25) is 0 Å². The maximum absolute atomic E-state index is 11.8. The van der Waals surface area contributed by atoms with Crippen molar-refractivity contribution < 1.29 is 14.7 Å². The molecule has 6 heteroatoms. The maximum Gasteiger partial charge on any atom is 0.317 e. The van der Waals surface area contributed by atoms with Crippen molar-refractivity contribution in [1.29, 1.82) is 0 Å². The minimum Gasteiger partial charge on any atom is -0.481 e. The Balaban J connectivity index is 2.09. The van der Waals surface area contributed by atoms with E-state index >= 15 is 0 Å². The Kier molecular flexibility index (Phi) is 7.70. The second kappa shape index (κ2) is 9.07. The first-order valence-corrected chi connectivity index (χ1v) is 8.29. The number of amides is 2. The third kappa shape index (κ3) is 6.18. The van der Waals surface area contributed by atoms with Gasteiger partial charge in [0.25, 0.3) is 0 Å². The molecular formula is C13H24N2O3S. The number of carboxylic acids is 1. The number of piperidine rings is 1. The number of hydrogen-bond donors (Lipinski definition) is 2. The predicted octanol–water partition coefficient (Wildman–Crippen LogP) is 2.03. The molecule has 5 nitrogen and oxygen atoms in total. The number of aliphatic carboxylic acids is 1. The third-order valence-electron chi connectivity index (χ3n) is 3.43. The van der Waals surface area contributed by atoms with E-state index in [1.165, 1.54) is 12.2 Å². The molecule has 0 aromatic carbocycles. The summed E-state index contributed by atoms with van der Waals surface area (Å²) in [4.78, 5) is 24.4. The molecule has 1 heterocycles. The summed E-state index contributed by atoms with van der Waals surface area (Å²) >= 11 is 1.85. The predicted molar refractivity (Wildman–Crippen MR) is 77.6 cm³/mol. The van der Waals surface area contributed by atoms with Gasteiger partial charge in [-0.1, -0.05) is 6.42 Å². The van der Waals surface area contributed by atoms with Crippen LogP contribution in [0.25, 0.3) is 0 Å². The largest absolute Gasteiger partial charge is 0.481 e. The Morgan fingerprint density at radius 1 is 1.26 bits per heavy atom. The molecule has 1 aliphatic rings. The molecule has 2 amide bonds. The van der Waals surface area contributed by atoms with Gasteiger partial charge in [0.05, 0.1) is 5.92 Å². The van der Waals surface area contributed by atoms with E-state index < -0.39 is 5.97 Å². The minimum absolute atomic E-state index is 0.0475. The van der Waals surface area contributed by atoms with Crippen LogP contribution in [-0.2, 0) is 4.79 Å². The highest BCUT2D eigenvalue weighted by molar-refractivity contribution is 7.98. The number of nitrogens with one attached hydrogen (secondary N) is 1. The standard InChI is InChI=1S/C13H24N2O3S/c1-19-10-4-2-3-7-14-13(18)15-8-5-11(6-9-15)12(16)17/h11H,2-10H2,1H3,(H,14,18)(H,16,17). The number of nitrogens with zero attached hydrogens (tertiary/aromatic N) is 1. The van der Waals surface area contributed by atoms with Crippen molar-refractivity contribution in [2.24, 2.45) is 5.92 Å². The smallest absolute Gasteiger partial charge is 0.317 e. The van der Waals surface area contributed by atoms with Crippen LogP contribution in [0.4, 0.5) is 4.79 Å². The van der Waals surface area contributed by atoms with E-state index in [1.807, 2.05) is 11.8 Å². The Labute approximate surface area is 119 Å². The molecule has 0 aromatic rings. The van der Waals surface area contributed by atoms with E-state index in [9.17, 15) is 9.59 Å². The van der Waals surface area contributed by atoms with Gasteiger partial charge in [-0.2, -0.15) is 11.8 Å². The van der Waals surface area contributed by atoms with E-state index in [-0.39, 0.29) is 11.9 Å². The molecule has 0 radical (unpaired) electrons. The Morgan fingerprint density at radius 3 is 2.53 bits per heavy atom. The van der Waals surface area contributed by atoms with Crippen molar-refractivity contribution in [3.05, 3.63) is 0 Å². The summed E-state index contributed by atoms with van der Waals surface area (Å²) in [5.74, 6) is 0.154. The molecule has 0 unspecified atom stereocenters. The number of unbranched alkanes of at least 4 members (excludes halogenated alkanes) is 2. The summed E-state index contributed by atoms with van der Waals surface area (Å²) in [6, 6.07) is -0.0475. The number of carbonyl (C=O) groups is 2. The monoisotopic (exact) mass is 288 g/mol. The van der Waals surface area contributed by atoms with Gasteiger partial charge < -0.3 is 15.3 Å². The maximum atomic E-state index is 11.8. The second-order valence-corrected chi connectivity index (χ2v) is 5.87. The fourth-order valence-corrected chi connectivity index (χ4v) is 2.68. The van der Waals surface area contributed by atoms with Crippen molar-refractivity contribution in [3.8, 4) is 0 Å². The number of thioether (sulfide) groups is 1. The average molecular weight is 288 g/mol. The van der Waals surface area contributed by atoms with Crippen molar-refractivity contribution in [1.82, 2.24) is 10.2 Å². The summed E-state index contributed by atoms with van der Waals surface area (Å²) in [5.41, 5.74) is 0. The van der Waals surface area contributed by atoms with Gasteiger partial charge in [0.15, 0.2) is 0 Å². The summed E-state index contributed by atoms with van der Waals surface area (Å²) in [6.07, 6.45) is 6.58. The van der Waals surface area contributed by atoms with Crippen molar-refractivity contribution in [2.45, 2.75) is 32.1 Å². The summed E-state index contributed by atoms with van der Waals surface area (Å²) in [5, 5.41) is 11.8. The molecule has 0 aliphatic carbocycles. The first-order chi connectivity index (χ1) is 9.15.